The molecule has 0 saturated heterocycles. The van der Waals surface area contributed by atoms with Crippen LogP contribution in [0, 0.1) is 0 Å². The van der Waals surface area contributed by atoms with Crippen molar-refractivity contribution in [1.82, 2.24) is 14.9 Å². The number of benzene rings is 3. The van der Waals surface area contributed by atoms with Crippen molar-refractivity contribution < 1.29 is 22.8 Å². The van der Waals surface area contributed by atoms with Crippen molar-refractivity contribution in [2.45, 2.75) is 17.4 Å². The van der Waals surface area contributed by atoms with Gasteiger partial charge in [-0.15, -0.1) is 0 Å². The highest BCUT2D eigenvalue weighted by Crippen LogP contribution is 2.29. The van der Waals surface area contributed by atoms with E-state index in [0.29, 0.717) is 26.7 Å². The topological polar surface area (TPSA) is 122 Å². The first-order valence-electron chi connectivity index (χ1n) is 9.91. The first-order valence-corrected chi connectivity index (χ1v) is 12.2. The van der Waals surface area contributed by atoms with Crippen molar-refractivity contribution in [2.75, 3.05) is 0 Å². The summed E-state index contributed by atoms with van der Waals surface area (Å²) in [5, 5.41) is 14.2. The Bertz CT molecular complexity index is 1420. The van der Waals surface area contributed by atoms with Crippen molar-refractivity contribution >= 4 is 39.2 Å². The molecule has 8 nitrogen and oxygen atoms in total. The van der Waals surface area contributed by atoms with Crippen molar-refractivity contribution in [1.29, 1.82) is 0 Å². The third-order valence-corrected chi connectivity index (χ3v) is 7.12. The number of hydrogen-bond donors (Lipinski definition) is 2. The molecule has 0 bridgehead atoms. The summed E-state index contributed by atoms with van der Waals surface area (Å²) in [7, 11) is -4.09. The average Bonchev–Trinajstić information content (AvgIpc) is 3.31. The van der Waals surface area contributed by atoms with Gasteiger partial charge in [0, 0.05) is 11.1 Å². The predicted molar refractivity (Wildman–Crippen MR) is 127 cm³/mol. The van der Waals surface area contributed by atoms with Gasteiger partial charge in [0.25, 0.3) is 5.89 Å². The third-order valence-electron chi connectivity index (χ3n) is 4.89. The zero-order valence-electron chi connectivity index (χ0n) is 17.4. The van der Waals surface area contributed by atoms with E-state index in [9.17, 15) is 18.3 Å². The molecule has 0 aliphatic carbocycles. The molecular formula is C23H17Cl2N3O5S. The number of aliphatic carboxylic acids is 1. The van der Waals surface area contributed by atoms with Gasteiger partial charge < -0.3 is 9.63 Å². The quantitative estimate of drug-likeness (QED) is 0.347. The molecule has 4 rings (SSSR count). The van der Waals surface area contributed by atoms with Gasteiger partial charge in [-0.3, -0.25) is 4.79 Å². The lowest BCUT2D eigenvalue weighted by Crippen LogP contribution is -2.42. The third kappa shape index (κ3) is 5.45. The molecular weight excluding hydrogens is 501 g/mol. The van der Waals surface area contributed by atoms with Crippen LogP contribution in [0.25, 0.3) is 22.8 Å². The van der Waals surface area contributed by atoms with Crippen LogP contribution in [0.1, 0.15) is 5.56 Å². The molecule has 1 aromatic heterocycles. The second-order valence-corrected chi connectivity index (χ2v) is 9.81. The van der Waals surface area contributed by atoms with Crippen molar-refractivity contribution in [3.63, 3.8) is 0 Å². The van der Waals surface area contributed by atoms with Crippen molar-refractivity contribution in [2.24, 2.45) is 0 Å². The van der Waals surface area contributed by atoms with E-state index in [0.717, 1.165) is 0 Å². The number of rotatable bonds is 8. The molecule has 174 valence electrons. The van der Waals surface area contributed by atoms with Gasteiger partial charge >= 0.3 is 5.97 Å². The zero-order chi connectivity index (χ0) is 24.3. The fraction of sp³-hybridized carbons (Fsp3) is 0.0870. The number of carboxylic acids is 1. The smallest absolute Gasteiger partial charge is 0.322 e. The Labute approximate surface area is 205 Å². The van der Waals surface area contributed by atoms with Gasteiger partial charge in [-0.05, 0) is 54.4 Å². The number of sulfonamides is 1. The molecule has 1 unspecified atom stereocenters. The van der Waals surface area contributed by atoms with Crippen LogP contribution >= 0.6 is 23.2 Å². The zero-order valence-corrected chi connectivity index (χ0v) is 19.7. The van der Waals surface area contributed by atoms with Crippen LogP contribution in [0.4, 0.5) is 0 Å². The number of hydrogen-bond acceptors (Lipinski definition) is 6. The van der Waals surface area contributed by atoms with Gasteiger partial charge in [0.05, 0.1) is 14.9 Å². The fourth-order valence-corrected chi connectivity index (χ4v) is 4.64. The summed E-state index contributed by atoms with van der Waals surface area (Å²) in [5.41, 5.74) is 1.78. The molecule has 0 amide bonds. The average molecular weight is 518 g/mol. The van der Waals surface area contributed by atoms with Gasteiger partial charge in [0.1, 0.15) is 6.04 Å². The van der Waals surface area contributed by atoms with Crippen molar-refractivity contribution in [3.8, 4) is 22.8 Å². The Kier molecular flexibility index (Phi) is 6.99. The first-order chi connectivity index (χ1) is 16.2. The highest BCUT2D eigenvalue weighted by Gasteiger charge is 2.26. The molecule has 0 saturated carbocycles. The molecule has 0 aliphatic rings. The Morgan fingerprint density at radius 3 is 2.29 bits per heavy atom. The summed E-state index contributed by atoms with van der Waals surface area (Å²) in [6.07, 6.45) is 0.00778. The number of aromatic nitrogens is 2. The number of nitrogens with zero attached hydrogens (tertiary/aromatic N) is 2. The maximum absolute atomic E-state index is 12.8. The molecule has 4 aromatic rings. The van der Waals surface area contributed by atoms with E-state index in [4.69, 9.17) is 27.7 Å². The molecule has 0 fully saturated rings. The highest BCUT2D eigenvalue weighted by molar-refractivity contribution is 7.89. The summed E-state index contributed by atoms with van der Waals surface area (Å²) in [6, 6.07) is 18.0. The minimum Gasteiger partial charge on any atom is -0.480 e. The van der Waals surface area contributed by atoms with Crippen LogP contribution in [-0.4, -0.2) is 35.7 Å². The van der Waals surface area contributed by atoms with Crippen LogP contribution in [0.5, 0.6) is 0 Å². The van der Waals surface area contributed by atoms with Gasteiger partial charge in [0.2, 0.25) is 15.8 Å². The van der Waals surface area contributed by atoms with Crippen LogP contribution in [0.2, 0.25) is 10.0 Å². The second kappa shape index (κ2) is 9.94. The summed E-state index contributed by atoms with van der Waals surface area (Å²) >= 11 is 12.0. The number of halogens is 2. The predicted octanol–water partition coefficient (Wildman–Crippen LogP) is 4.68. The van der Waals surface area contributed by atoms with Crippen molar-refractivity contribution in [3.05, 3.63) is 88.4 Å². The van der Waals surface area contributed by atoms with Crippen LogP contribution < -0.4 is 4.72 Å². The molecule has 3 aromatic carbocycles. The Morgan fingerprint density at radius 2 is 1.65 bits per heavy atom. The van der Waals surface area contributed by atoms with E-state index in [1.165, 1.54) is 24.3 Å². The summed E-state index contributed by atoms with van der Waals surface area (Å²) in [5.74, 6) is -0.812. The molecule has 1 atom stereocenters. The normalized spacial score (nSPS) is 12.4. The lowest BCUT2D eigenvalue weighted by atomic mass is 10.1. The monoisotopic (exact) mass is 517 g/mol. The number of carbonyl (C=O) groups is 1. The second-order valence-electron chi connectivity index (χ2n) is 7.28. The maximum Gasteiger partial charge on any atom is 0.322 e. The van der Waals surface area contributed by atoms with E-state index >= 15 is 0 Å². The molecule has 0 aliphatic heterocycles. The molecule has 2 N–H and O–H groups in total. The molecule has 34 heavy (non-hydrogen) atoms. The van der Waals surface area contributed by atoms with Gasteiger partial charge in [0.15, 0.2) is 0 Å². The lowest BCUT2D eigenvalue weighted by Gasteiger charge is -2.15. The number of carboxylic acid groups (broad SMARTS) is 1. The Hall–Kier alpha value is -3.24. The SMILES string of the molecule is O=C(O)C(Cc1ccccc1)NS(=O)(=O)c1ccc(-c2noc(-c3ccc(Cl)c(Cl)c3)n2)cc1. The maximum atomic E-state index is 12.8. The fourth-order valence-electron chi connectivity index (χ4n) is 3.15. The number of nitrogens with one attached hydrogen (secondary N) is 1. The molecule has 0 spiro atoms. The van der Waals surface area contributed by atoms with Crippen LogP contribution in [0.15, 0.2) is 82.2 Å². The molecule has 0 radical (unpaired) electrons. The summed E-state index contributed by atoms with van der Waals surface area (Å²) < 4.78 is 33.1. The lowest BCUT2D eigenvalue weighted by molar-refractivity contribution is -0.138. The summed E-state index contributed by atoms with van der Waals surface area (Å²) in [4.78, 5) is 15.9. The van der Waals surface area contributed by atoms with Gasteiger partial charge in [-0.1, -0.05) is 58.7 Å². The van der Waals surface area contributed by atoms with Gasteiger partial charge in [-0.25, -0.2) is 8.42 Å². The van der Waals surface area contributed by atoms with E-state index < -0.39 is 22.0 Å². The van der Waals surface area contributed by atoms with E-state index in [1.54, 1.807) is 48.5 Å². The standard InChI is InChI=1S/C23H17Cl2N3O5S/c24-18-11-8-16(13-19(18)25)22-26-21(27-33-22)15-6-9-17(10-7-15)34(31,32)28-20(23(29)30)12-14-4-2-1-3-5-14/h1-11,13,20,28H,12H2,(H,29,30). The van der Waals surface area contributed by atoms with E-state index in [2.05, 4.69) is 14.9 Å². The van der Waals surface area contributed by atoms with Crippen LogP contribution in [0.3, 0.4) is 0 Å². The molecule has 1 heterocycles. The van der Waals surface area contributed by atoms with Crippen LogP contribution in [-0.2, 0) is 21.2 Å². The first kappa shape index (κ1) is 23.9. The minimum absolute atomic E-state index is 0.00778. The van der Waals surface area contributed by atoms with E-state index in [-0.39, 0.29) is 23.0 Å². The minimum atomic E-state index is -4.09. The van der Waals surface area contributed by atoms with Gasteiger partial charge in [-0.2, -0.15) is 9.71 Å². The Balaban J connectivity index is 1.52. The summed E-state index contributed by atoms with van der Waals surface area (Å²) in [6.45, 7) is 0. The van der Waals surface area contributed by atoms with E-state index in [1.807, 2.05) is 0 Å². The largest absolute Gasteiger partial charge is 0.480 e. The Morgan fingerprint density at radius 1 is 0.971 bits per heavy atom. The molecule has 11 heteroatoms. The highest BCUT2D eigenvalue weighted by atomic mass is 35.5.